The Labute approximate surface area is 50.1 Å². The van der Waals surface area contributed by atoms with Crippen molar-refractivity contribution >= 4 is 0 Å². The van der Waals surface area contributed by atoms with Crippen LogP contribution < -0.4 is 0 Å². The molecule has 0 amide bonds. The van der Waals surface area contributed by atoms with E-state index in [0.29, 0.717) is 0 Å². The number of hydrogen-bond acceptors (Lipinski definition) is 2. The van der Waals surface area contributed by atoms with Crippen molar-refractivity contribution in [2.24, 2.45) is 0 Å². The molecular formula is C6H12O2. The molecule has 0 bridgehead atoms. The van der Waals surface area contributed by atoms with Gasteiger partial charge in [-0.1, -0.05) is 0 Å². The van der Waals surface area contributed by atoms with Gasteiger partial charge in [-0.2, -0.15) is 0 Å². The second-order valence-corrected chi connectivity index (χ2v) is 1.69. The van der Waals surface area contributed by atoms with E-state index in [9.17, 15) is 0 Å². The molecule has 8 heavy (non-hydrogen) atoms. The third kappa shape index (κ3) is 5.34. The van der Waals surface area contributed by atoms with Crippen LogP contribution in [0.4, 0.5) is 0 Å². The van der Waals surface area contributed by atoms with E-state index in [4.69, 9.17) is 4.74 Å². The Morgan fingerprint density at radius 2 is 1.88 bits per heavy atom. The summed E-state index contributed by atoms with van der Waals surface area (Å²) in [6.07, 6.45) is 3.27. The Hall–Kier alpha value is -0.660. The third-order valence-electron chi connectivity index (χ3n) is 0.542. The number of hydrogen-bond donors (Lipinski definition) is 0. The quantitative estimate of drug-likeness (QED) is 0.520. The Balaban J connectivity index is 3.03. The lowest BCUT2D eigenvalue weighted by molar-refractivity contribution is 0.168. The average molecular weight is 116 g/mol. The summed E-state index contributed by atoms with van der Waals surface area (Å²) < 4.78 is 9.56. The fourth-order valence-electron chi connectivity index (χ4n) is 0.245. The zero-order chi connectivity index (χ0) is 6.41. The number of ether oxygens (including phenoxy) is 2. The van der Waals surface area contributed by atoms with Crippen molar-refractivity contribution in [1.29, 1.82) is 0 Å². The van der Waals surface area contributed by atoms with Gasteiger partial charge in [0.2, 0.25) is 0 Å². The summed E-state index contributed by atoms with van der Waals surface area (Å²) in [4.78, 5) is 0. The van der Waals surface area contributed by atoms with Crippen LogP contribution in [-0.4, -0.2) is 13.2 Å². The molecule has 0 aliphatic carbocycles. The summed E-state index contributed by atoms with van der Waals surface area (Å²) in [5.41, 5.74) is 0. The fraction of sp³-hybridized carbons (Fsp3) is 0.667. The normalized spacial score (nSPS) is 10.5. The van der Waals surface area contributed by atoms with E-state index in [1.54, 1.807) is 7.11 Å². The minimum atomic E-state index is 0.237. The standard InChI is InChI=1S/C6H12O2/c1-6(2)8-5-4-7-3/h4-6H,1-3H3/b5-4+. The van der Waals surface area contributed by atoms with E-state index >= 15 is 0 Å². The average Bonchev–Trinajstić information content (AvgIpc) is 1.66. The molecule has 0 aliphatic heterocycles. The highest BCUT2D eigenvalue weighted by molar-refractivity contribution is 4.60. The molecule has 0 heterocycles. The molecule has 0 unspecified atom stereocenters. The van der Waals surface area contributed by atoms with Crippen molar-refractivity contribution in [1.82, 2.24) is 0 Å². The van der Waals surface area contributed by atoms with Crippen molar-refractivity contribution in [2.75, 3.05) is 7.11 Å². The summed E-state index contributed by atoms with van der Waals surface area (Å²) in [5, 5.41) is 0. The van der Waals surface area contributed by atoms with E-state index in [2.05, 4.69) is 4.74 Å². The van der Waals surface area contributed by atoms with Crippen LogP contribution in [0.3, 0.4) is 0 Å². The molecule has 0 atom stereocenters. The summed E-state index contributed by atoms with van der Waals surface area (Å²) in [6.45, 7) is 3.92. The minimum absolute atomic E-state index is 0.237. The second kappa shape index (κ2) is 4.50. The maximum absolute atomic E-state index is 4.98. The Kier molecular flexibility index (Phi) is 4.13. The molecule has 0 aromatic rings. The fourth-order valence-corrected chi connectivity index (χ4v) is 0.245. The molecule has 0 N–H and O–H groups in total. The molecule has 48 valence electrons. The molecule has 2 nitrogen and oxygen atoms in total. The van der Waals surface area contributed by atoms with Crippen LogP contribution in [0.2, 0.25) is 0 Å². The van der Waals surface area contributed by atoms with Crippen molar-refractivity contribution in [3.05, 3.63) is 12.5 Å². The lowest BCUT2D eigenvalue weighted by Gasteiger charge is -2.01. The molecule has 0 spiro atoms. The predicted molar refractivity (Wildman–Crippen MR) is 32.4 cm³/mol. The molecule has 0 aliphatic rings. The van der Waals surface area contributed by atoms with Gasteiger partial charge < -0.3 is 9.47 Å². The van der Waals surface area contributed by atoms with Gasteiger partial charge in [0.25, 0.3) is 0 Å². The summed E-state index contributed by atoms with van der Waals surface area (Å²) in [7, 11) is 1.58. The van der Waals surface area contributed by atoms with E-state index < -0.39 is 0 Å². The maximum atomic E-state index is 4.98. The van der Waals surface area contributed by atoms with Gasteiger partial charge in [0.15, 0.2) is 0 Å². The largest absolute Gasteiger partial charge is 0.501 e. The maximum Gasteiger partial charge on any atom is 0.118 e. The molecule has 0 saturated heterocycles. The second-order valence-electron chi connectivity index (χ2n) is 1.69. The Morgan fingerprint density at radius 1 is 1.25 bits per heavy atom. The van der Waals surface area contributed by atoms with Gasteiger partial charge in [-0.15, -0.1) is 0 Å². The number of rotatable bonds is 3. The molecule has 0 radical (unpaired) electrons. The molecule has 0 fully saturated rings. The molecule has 0 aromatic carbocycles. The monoisotopic (exact) mass is 116 g/mol. The van der Waals surface area contributed by atoms with Gasteiger partial charge in [-0.3, -0.25) is 0 Å². The first kappa shape index (κ1) is 7.34. The first-order valence-electron chi connectivity index (χ1n) is 2.60. The highest BCUT2D eigenvalue weighted by Crippen LogP contribution is 1.87. The van der Waals surface area contributed by atoms with E-state index in [1.165, 1.54) is 12.5 Å². The van der Waals surface area contributed by atoms with Crippen molar-refractivity contribution in [3.8, 4) is 0 Å². The zero-order valence-corrected chi connectivity index (χ0v) is 5.55. The Bertz CT molecular complexity index is 66.9. The van der Waals surface area contributed by atoms with Gasteiger partial charge in [-0.25, -0.2) is 0 Å². The van der Waals surface area contributed by atoms with Crippen LogP contribution in [0.15, 0.2) is 12.5 Å². The highest BCUT2D eigenvalue weighted by Gasteiger charge is 1.83. The van der Waals surface area contributed by atoms with Crippen molar-refractivity contribution < 1.29 is 9.47 Å². The van der Waals surface area contributed by atoms with Crippen molar-refractivity contribution in [3.63, 3.8) is 0 Å². The van der Waals surface area contributed by atoms with Gasteiger partial charge >= 0.3 is 0 Å². The lowest BCUT2D eigenvalue weighted by atomic mass is 10.5. The van der Waals surface area contributed by atoms with E-state index in [-0.39, 0.29) is 6.10 Å². The molecule has 0 rings (SSSR count). The SMILES string of the molecule is CO/C=C/OC(C)C. The van der Waals surface area contributed by atoms with Crippen molar-refractivity contribution in [2.45, 2.75) is 20.0 Å². The summed E-state index contributed by atoms with van der Waals surface area (Å²) >= 11 is 0. The van der Waals surface area contributed by atoms with E-state index in [1.807, 2.05) is 13.8 Å². The van der Waals surface area contributed by atoms with Crippen LogP contribution in [0.1, 0.15) is 13.8 Å². The smallest absolute Gasteiger partial charge is 0.118 e. The zero-order valence-electron chi connectivity index (χ0n) is 5.55. The van der Waals surface area contributed by atoms with Crippen LogP contribution in [0.25, 0.3) is 0 Å². The van der Waals surface area contributed by atoms with Crippen LogP contribution in [-0.2, 0) is 9.47 Å². The molecule has 2 heteroatoms. The first-order valence-corrected chi connectivity index (χ1v) is 2.60. The predicted octanol–water partition coefficient (Wildman–Crippen LogP) is 1.53. The molecule has 0 aromatic heterocycles. The summed E-state index contributed by atoms with van der Waals surface area (Å²) in [6, 6.07) is 0. The lowest BCUT2D eigenvalue weighted by Crippen LogP contribution is -1.94. The molecular weight excluding hydrogens is 104 g/mol. The minimum Gasteiger partial charge on any atom is -0.501 e. The van der Waals surface area contributed by atoms with Gasteiger partial charge in [0.05, 0.1) is 13.2 Å². The topological polar surface area (TPSA) is 18.5 Å². The number of methoxy groups -OCH3 is 1. The Morgan fingerprint density at radius 3 is 2.25 bits per heavy atom. The van der Waals surface area contributed by atoms with Gasteiger partial charge in [0, 0.05) is 0 Å². The summed E-state index contributed by atoms with van der Waals surface area (Å²) in [5.74, 6) is 0. The highest BCUT2D eigenvalue weighted by atomic mass is 16.5. The van der Waals surface area contributed by atoms with E-state index in [0.717, 1.165) is 0 Å². The molecule has 0 saturated carbocycles. The van der Waals surface area contributed by atoms with Gasteiger partial charge in [0.1, 0.15) is 12.5 Å². The van der Waals surface area contributed by atoms with Crippen LogP contribution in [0.5, 0.6) is 0 Å². The van der Waals surface area contributed by atoms with Gasteiger partial charge in [-0.05, 0) is 13.8 Å². The van der Waals surface area contributed by atoms with Crippen LogP contribution >= 0.6 is 0 Å². The van der Waals surface area contributed by atoms with Crippen LogP contribution in [0, 0.1) is 0 Å². The third-order valence-corrected chi connectivity index (χ3v) is 0.542. The first-order chi connectivity index (χ1) is 3.77.